The molecule has 0 spiro atoms. The van der Waals surface area contributed by atoms with E-state index in [-0.39, 0.29) is 11.4 Å². The van der Waals surface area contributed by atoms with Gasteiger partial charge >= 0.3 is 0 Å². The van der Waals surface area contributed by atoms with E-state index in [1.165, 1.54) is 5.57 Å². The van der Waals surface area contributed by atoms with Crippen molar-refractivity contribution in [3.63, 3.8) is 0 Å². The maximum absolute atomic E-state index is 13.5. The topological polar surface area (TPSA) is 12.0 Å². The normalized spacial score (nSPS) is 13.2. The number of rotatable bonds is 4. The van der Waals surface area contributed by atoms with Crippen LogP contribution in [0.25, 0.3) is 6.08 Å². The molecule has 0 bridgehead atoms. The lowest BCUT2D eigenvalue weighted by molar-refractivity contribution is 0.437. The van der Waals surface area contributed by atoms with E-state index in [0.29, 0.717) is 10.4 Å². The van der Waals surface area contributed by atoms with Crippen molar-refractivity contribution in [3.8, 4) is 0 Å². The number of hydrogen-bond donors (Lipinski definition) is 1. The minimum absolute atomic E-state index is 0.0823. The van der Waals surface area contributed by atoms with Gasteiger partial charge in [-0.15, -0.1) is 0 Å². The molecular weight excluding hydrogens is 305 g/mol. The van der Waals surface area contributed by atoms with Gasteiger partial charge in [-0.1, -0.05) is 31.6 Å². The van der Waals surface area contributed by atoms with Gasteiger partial charge in [-0.3, -0.25) is 0 Å². The van der Waals surface area contributed by atoms with Crippen molar-refractivity contribution in [1.29, 1.82) is 0 Å². The Morgan fingerprint density at radius 2 is 2.00 bits per heavy atom. The van der Waals surface area contributed by atoms with Crippen LogP contribution in [-0.2, 0) is 0 Å². The SMILES string of the molecule is CC(C)/C(=C/c1ccc(Br)c(F)c1)CNC(C)(C)C. The molecule has 1 nitrogen and oxygen atoms in total. The van der Waals surface area contributed by atoms with Crippen molar-refractivity contribution in [2.45, 2.75) is 40.2 Å². The lowest BCUT2D eigenvalue weighted by atomic mass is 9.98. The molecule has 0 atom stereocenters. The molecule has 0 fully saturated rings. The van der Waals surface area contributed by atoms with Gasteiger partial charge in [-0.2, -0.15) is 0 Å². The van der Waals surface area contributed by atoms with Gasteiger partial charge in [0.15, 0.2) is 0 Å². The number of benzene rings is 1. The summed E-state index contributed by atoms with van der Waals surface area (Å²) < 4.78 is 14.0. The first-order valence-electron chi connectivity index (χ1n) is 6.59. The van der Waals surface area contributed by atoms with Crippen molar-refractivity contribution in [1.82, 2.24) is 5.32 Å². The van der Waals surface area contributed by atoms with Crippen LogP contribution in [0.15, 0.2) is 28.2 Å². The summed E-state index contributed by atoms with van der Waals surface area (Å²) in [5.74, 6) is 0.210. The van der Waals surface area contributed by atoms with E-state index >= 15 is 0 Å². The van der Waals surface area contributed by atoms with Crippen LogP contribution >= 0.6 is 15.9 Å². The molecule has 1 aromatic carbocycles. The van der Waals surface area contributed by atoms with Gasteiger partial charge in [0.1, 0.15) is 5.82 Å². The number of nitrogens with one attached hydrogen (secondary N) is 1. The zero-order chi connectivity index (χ0) is 14.6. The van der Waals surface area contributed by atoms with Crippen molar-refractivity contribution < 1.29 is 4.39 Å². The van der Waals surface area contributed by atoms with Gasteiger partial charge in [-0.25, -0.2) is 4.39 Å². The third kappa shape index (κ3) is 5.87. The molecular formula is C16H23BrFN. The quantitative estimate of drug-likeness (QED) is 0.819. The Bertz CT molecular complexity index is 458. The first-order valence-corrected chi connectivity index (χ1v) is 7.39. The van der Waals surface area contributed by atoms with Gasteiger partial charge in [0.2, 0.25) is 0 Å². The van der Waals surface area contributed by atoms with E-state index in [0.717, 1.165) is 12.1 Å². The summed E-state index contributed by atoms with van der Waals surface area (Å²) in [4.78, 5) is 0. The predicted octanol–water partition coefficient (Wildman–Crippen LogP) is 5.02. The second kappa shape index (κ2) is 6.67. The summed E-state index contributed by atoms with van der Waals surface area (Å²) in [6, 6.07) is 5.23. The summed E-state index contributed by atoms with van der Waals surface area (Å²) in [6.45, 7) is 11.6. The maximum Gasteiger partial charge on any atom is 0.137 e. The zero-order valence-corrected chi connectivity index (χ0v) is 13.9. The van der Waals surface area contributed by atoms with E-state index in [1.807, 2.05) is 6.07 Å². The molecule has 1 N–H and O–H groups in total. The fourth-order valence-corrected chi connectivity index (χ4v) is 1.85. The Morgan fingerprint density at radius 3 is 2.47 bits per heavy atom. The molecule has 106 valence electrons. The summed E-state index contributed by atoms with van der Waals surface area (Å²) in [6.07, 6.45) is 2.07. The molecule has 0 aliphatic carbocycles. The average Bonchev–Trinajstić information content (AvgIpc) is 2.27. The standard InChI is InChI=1S/C16H23BrFN/c1-11(2)13(10-19-16(3,4)5)8-12-6-7-14(17)15(18)9-12/h6-9,11,19H,10H2,1-5H3/b13-8+. The van der Waals surface area contributed by atoms with E-state index in [2.05, 4.69) is 61.9 Å². The Labute approximate surface area is 124 Å². The zero-order valence-electron chi connectivity index (χ0n) is 12.3. The van der Waals surface area contributed by atoms with Crippen LogP contribution in [0.2, 0.25) is 0 Å². The van der Waals surface area contributed by atoms with E-state index < -0.39 is 0 Å². The molecule has 0 heterocycles. The second-order valence-electron chi connectivity index (χ2n) is 6.15. The van der Waals surface area contributed by atoms with Crippen LogP contribution in [0, 0.1) is 11.7 Å². The fraction of sp³-hybridized carbons (Fsp3) is 0.500. The highest BCUT2D eigenvalue weighted by molar-refractivity contribution is 9.10. The van der Waals surface area contributed by atoms with E-state index in [4.69, 9.17) is 0 Å². The molecule has 3 heteroatoms. The first-order chi connectivity index (χ1) is 8.69. The lowest BCUT2D eigenvalue weighted by Gasteiger charge is -2.23. The maximum atomic E-state index is 13.5. The number of halogens is 2. The Balaban J connectivity index is 2.91. The molecule has 19 heavy (non-hydrogen) atoms. The summed E-state index contributed by atoms with van der Waals surface area (Å²) in [7, 11) is 0. The van der Waals surface area contributed by atoms with Crippen LogP contribution in [0.4, 0.5) is 4.39 Å². The van der Waals surface area contributed by atoms with Gasteiger partial charge < -0.3 is 5.32 Å². The highest BCUT2D eigenvalue weighted by atomic mass is 79.9. The Hall–Kier alpha value is -0.670. The van der Waals surface area contributed by atoms with Gasteiger partial charge in [0.05, 0.1) is 4.47 Å². The third-order valence-electron chi connectivity index (χ3n) is 2.86. The molecule has 0 aliphatic rings. The third-order valence-corrected chi connectivity index (χ3v) is 3.50. The Morgan fingerprint density at radius 1 is 1.37 bits per heavy atom. The van der Waals surface area contributed by atoms with Crippen molar-refractivity contribution >= 4 is 22.0 Å². The Kier molecular flexibility index (Phi) is 5.75. The highest BCUT2D eigenvalue weighted by Gasteiger charge is 2.11. The predicted molar refractivity (Wildman–Crippen MR) is 84.7 cm³/mol. The van der Waals surface area contributed by atoms with Crippen LogP contribution in [0.3, 0.4) is 0 Å². The van der Waals surface area contributed by atoms with Gasteiger partial charge in [0.25, 0.3) is 0 Å². The average molecular weight is 328 g/mol. The fourth-order valence-electron chi connectivity index (χ4n) is 1.61. The van der Waals surface area contributed by atoms with Gasteiger partial charge in [-0.05, 0) is 60.3 Å². The van der Waals surface area contributed by atoms with Crippen LogP contribution in [-0.4, -0.2) is 12.1 Å². The minimum Gasteiger partial charge on any atom is -0.308 e. The van der Waals surface area contributed by atoms with Crippen molar-refractivity contribution in [3.05, 3.63) is 39.6 Å². The van der Waals surface area contributed by atoms with Crippen molar-refractivity contribution in [2.75, 3.05) is 6.54 Å². The summed E-state index contributed by atoms with van der Waals surface area (Å²) >= 11 is 3.17. The minimum atomic E-state index is -0.222. The highest BCUT2D eigenvalue weighted by Crippen LogP contribution is 2.20. The van der Waals surface area contributed by atoms with Crippen LogP contribution in [0.1, 0.15) is 40.2 Å². The van der Waals surface area contributed by atoms with Crippen LogP contribution in [0.5, 0.6) is 0 Å². The smallest absolute Gasteiger partial charge is 0.137 e. The van der Waals surface area contributed by atoms with E-state index in [9.17, 15) is 4.39 Å². The molecule has 0 aliphatic heterocycles. The molecule has 0 saturated heterocycles. The lowest BCUT2D eigenvalue weighted by Crippen LogP contribution is -2.37. The van der Waals surface area contributed by atoms with Gasteiger partial charge in [0, 0.05) is 12.1 Å². The molecule has 0 amide bonds. The van der Waals surface area contributed by atoms with E-state index in [1.54, 1.807) is 12.1 Å². The molecule has 1 aromatic rings. The summed E-state index contributed by atoms with van der Waals surface area (Å²) in [5, 5.41) is 3.48. The summed E-state index contributed by atoms with van der Waals surface area (Å²) in [5.41, 5.74) is 2.26. The monoisotopic (exact) mass is 327 g/mol. The largest absolute Gasteiger partial charge is 0.308 e. The van der Waals surface area contributed by atoms with Crippen LogP contribution < -0.4 is 5.32 Å². The van der Waals surface area contributed by atoms with Crippen molar-refractivity contribution in [2.24, 2.45) is 5.92 Å². The number of hydrogen-bond acceptors (Lipinski definition) is 1. The second-order valence-corrected chi connectivity index (χ2v) is 7.01. The molecule has 0 saturated carbocycles. The molecule has 1 rings (SSSR count). The molecule has 0 radical (unpaired) electrons. The molecule has 0 aromatic heterocycles. The molecule has 0 unspecified atom stereocenters. The first kappa shape index (κ1) is 16.4.